The Labute approximate surface area is 199 Å². The first-order valence-corrected chi connectivity index (χ1v) is 11.1. The fraction of sp³-hybridized carbons (Fsp3) is 0.0909. The average molecular weight is 501 g/mol. The summed E-state index contributed by atoms with van der Waals surface area (Å²) in [6.07, 6.45) is -2.02. The number of carbonyl (C=O) groups excluding carboxylic acids is 1. The molecule has 13 heteroatoms. The molecule has 0 bridgehead atoms. The lowest BCUT2D eigenvalue weighted by atomic mass is 10.0. The van der Waals surface area contributed by atoms with E-state index in [2.05, 4.69) is 30.2 Å². The number of amides is 1. The highest BCUT2D eigenvalue weighted by Crippen LogP contribution is 2.37. The van der Waals surface area contributed by atoms with Gasteiger partial charge in [-0.15, -0.1) is 0 Å². The molecule has 0 fully saturated rings. The van der Waals surface area contributed by atoms with Crippen LogP contribution < -0.4 is 10.0 Å². The number of aromatic amines is 1. The van der Waals surface area contributed by atoms with Crippen molar-refractivity contribution in [3.63, 3.8) is 0 Å². The van der Waals surface area contributed by atoms with Crippen LogP contribution in [0.2, 0.25) is 0 Å². The maximum atomic E-state index is 13.5. The minimum absolute atomic E-state index is 0.0332. The second-order valence-corrected chi connectivity index (χ2v) is 7.91. The van der Waals surface area contributed by atoms with Gasteiger partial charge in [-0.3, -0.25) is 14.1 Å². The highest BCUT2D eigenvalue weighted by molar-refractivity contribution is 7.77. The van der Waals surface area contributed by atoms with Crippen LogP contribution in [-0.2, 0) is 24.0 Å². The molecule has 0 aliphatic rings. The van der Waals surface area contributed by atoms with Crippen LogP contribution >= 0.6 is 0 Å². The fourth-order valence-electron chi connectivity index (χ4n) is 3.29. The van der Waals surface area contributed by atoms with Gasteiger partial charge in [0.25, 0.3) is 5.91 Å². The lowest BCUT2D eigenvalue weighted by Gasteiger charge is -2.15. The molecule has 35 heavy (non-hydrogen) atoms. The van der Waals surface area contributed by atoms with Crippen molar-refractivity contribution in [2.75, 3.05) is 5.32 Å². The normalized spacial score (nSPS) is 12.3. The van der Waals surface area contributed by atoms with E-state index in [1.807, 2.05) is 0 Å². The van der Waals surface area contributed by atoms with Crippen LogP contribution in [0, 0.1) is 0 Å². The van der Waals surface area contributed by atoms with Crippen molar-refractivity contribution in [1.82, 2.24) is 24.9 Å². The minimum Gasteiger partial charge on any atom is -0.760 e. The number of carbonyl (C=O) groups is 1. The van der Waals surface area contributed by atoms with Gasteiger partial charge in [0.15, 0.2) is 0 Å². The number of anilines is 1. The first kappa shape index (κ1) is 24.2. The predicted octanol–water partition coefficient (Wildman–Crippen LogP) is 3.69. The molecule has 9 nitrogen and oxygen atoms in total. The second-order valence-electron chi connectivity index (χ2n) is 7.15. The first-order valence-electron chi connectivity index (χ1n) is 9.99. The third-order valence-corrected chi connectivity index (χ3v) is 5.24. The lowest BCUT2D eigenvalue weighted by molar-refractivity contribution is -0.137. The van der Waals surface area contributed by atoms with Crippen molar-refractivity contribution in [1.29, 1.82) is 0 Å². The fourth-order valence-corrected chi connectivity index (χ4v) is 3.54. The smallest absolute Gasteiger partial charge is 0.417 e. The molecular formula is C22H16F3N6O3S-. The summed E-state index contributed by atoms with van der Waals surface area (Å²) in [7, 11) is 0. The maximum absolute atomic E-state index is 13.5. The van der Waals surface area contributed by atoms with Crippen molar-refractivity contribution < 1.29 is 26.7 Å². The Bertz CT molecular complexity index is 1360. The molecule has 0 aliphatic carbocycles. The van der Waals surface area contributed by atoms with Gasteiger partial charge in [-0.05, 0) is 24.3 Å². The van der Waals surface area contributed by atoms with E-state index in [1.165, 1.54) is 18.5 Å². The Morgan fingerprint density at radius 3 is 2.54 bits per heavy atom. The van der Waals surface area contributed by atoms with E-state index in [0.29, 0.717) is 11.3 Å². The molecule has 3 N–H and O–H groups in total. The molecule has 0 saturated carbocycles. The van der Waals surface area contributed by atoms with E-state index in [4.69, 9.17) is 0 Å². The van der Waals surface area contributed by atoms with Crippen molar-refractivity contribution in [3.8, 4) is 22.5 Å². The van der Waals surface area contributed by atoms with E-state index >= 15 is 0 Å². The average Bonchev–Trinajstić information content (AvgIpc) is 3.38. The van der Waals surface area contributed by atoms with Crippen molar-refractivity contribution in [3.05, 3.63) is 83.9 Å². The number of alkyl halides is 3. The standard InChI is InChI=1S/C22H17F3N6O3S/c23-22(24,25)16-7-6-14(10-15(16)17-8-9-27-31-17)21(32)29-18-11-26-19(12-28-35(33)34)30-20(18)13-4-2-1-3-5-13/h1-11,28H,12H2,(H,27,31)(H,29,32)(H,33,34)/p-1. The molecule has 0 saturated heterocycles. The van der Waals surface area contributed by atoms with Gasteiger partial charge in [-0.2, -0.15) is 18.3 Å². The minimum atomic E-state index is -4.64. The second kappa shape index (κ2) is 10.1. The SMILES string of the molecule is O=C(Nc1cnc(CNS(=O)[O-])nc1-c1ccccc1)c1ccc(C(F)(F)F)c(-c2ccn[nH]2)c1. The molecule has 4 rings (SSSR count). The molecule has 2 aromatic heterocycles. The highest BCUT2D eigenvalue weighted by Gasteiger charge is 2.34. The topological polar surface area (TPSA) is 136 Å². The van der Waals surface area contributed by atoms with E-state index < -0.39 is 28.9 Å². The van der Waals surface area contributed by atoms with E-state index in [9.17, 15) is 26.7 Å². The molecule has 0 aliphatic heterocycles. The van der Waals surface area contributed by atoms with Crippen LogP contribution in [0.3, 0.4) is 0 Å². The van der Waals surface area contributed by atoms with Gasteiger partial charge in [-0.1, -0.05) is 30.3 Å². The molecule has 1 atom stereocenters. The van der Waals surface area contributed by atoms with Gasteiger partial charge < -0.3 is 9.87 Å². The molecule has 1 unspecified atom stereocenters. The van der Waals surface area contributed by atoms with Gasteiger partial charge in [0.05, 0.1) is 35.4 Å². The van der Waals surface area contributed by atoms with Crippen LogP contribution in [0.15, 0.2) is 67.0 Å². The summed E-state index contributed by atoms with van der Waals surface area (Å²) in [4.78, 5) is 21.4. The summed E-state index contributed by atoms with van der Waals surface area (Å²) in [6.45, 7) is -0.170. The molecule has 2 aromatic carbocycles. The van der Waals surface area contributed by atoms with Crippen LogP contribution in [0.4, 0.5) is 18.9 Å². The maximum Gasteiger partial charge on any atom is 0.417 e. The van der Waals surface area contributed by atoms with Crippen LogP contribution in [0.25, 0.3) is 22.5 Å². The number of H-pyrrole nitrogens is 1. The molecular weight excluding hydrogens is 485 g/mol. The number of rotatable bonds is 7. The third kappa shape index (κ3) is 5.77. The van der Waals surface area contributed by atoms with E-state index in [-0.39, 0.29) is 34.9 Å². The number of hydrogen-bond acceptors (Lipinski definition) is 6. The zero-order valence-corrected chi connectivity index (χ0v) is 18.5. The van der Waals surface area contributed by atoms with Gasteiger partial charge in [0.2, 0.25) is 0 Å². The Morgan fingerprint density at radius 2 is 1.89 bits per heavy atom. The molecule has 0 spiro atoms. The van der Waals surface area contributed by atoms with Gasteiger partial charge >= 0.3 is 6.18 Å². The Morgan fingerprint density at radius 1 is 1.11 bits per heavy atom. The Hall–Kier alpha value is -3.94. The molecule has 2 heterocycles. The number of hydrogen-bond donors (Lipinski definition) is 3. The Balaban J connectivity index is 1.69. The van der Waals surface area contributed by atoms with E-state index in [1.54, 1.807) is 30.3 Å². The molecule has 0 radical (unpaired) electrons. The predicted molar refractivity (Wildman–Crippen MR) is 120 cm³/mol. The molecule has 180 valence electrons. The van der Waals surface area contributed by atoms with E-state index in [0.717, 1.165) is 18.2 Å². The van der Waals surface area contributed by atoms with Crippen LogP contribution in [-0.4, -0.2) is 34.8 Å². The summed E-state index contributed by atoms with van der Waals surface area (Å²) in [5.41, 5.74) is 0.0371. The van der Waals surface area contributed by atoms with Crippen molar-refractivity contribution in [2.24, 2.45) is 0 Å². The highest BCUT2D eigenvalue weighted by atomic mass is 32.2. The number of benzene rings is 2. The van der Waals surface area contributed by atoms with Crippen molar-refractivity contribution >= 4 is 22.9 Å². The lowest BCUT2D eigenvalue weighted by Crippen LogP contribution is -2.19. The Kier molecular flexibility index (Phi) is 7.00. The molecule has 4 aromatic rings. The summed E-state index contributed by atoms with van der Waals surface area (Å²) >= 11 is -2.52. The van der Waals surface area contributed by atoms with Gasteiger partial charge in [0, 0.05) is 34.2 Å². The number of nitrogens with zero attached hydrogens (tertiary/aromatic N) is 3. The molecule has 1 amide bonds. The van der Waals surface area contributed by atoms with Gasteiger partial charge in [0.1, 0.15) is 5.82 Å². The number of halogens is 3. The summed E-state index contributed by atoms with van der Waals surface area (Å²) in [5.74, 6) is -0.533. The number of aromatic nitrogens is 4. The number of nitrogens with one attached hydrogen (secondary N) is 3. The van der Waals surface area contributed by atoms with Crippen LogP contribution in [0.5, 0.6) is 0 Å². The third-order valence-electron chi connectivity index (χ3n) is 4.86. The summed E-state index contributed by atoms with van der Waals surface area (Å²) in [5, 5.41) is 8.81. The van der Waals surface area contributed by atoms with Gasteiger partial charge in [-0.25, -0.2) is 14.7 Å². The quantitative estimate of drug-likeness (QED) is 0.331. The largest absolute Gasteiger partial charge is 0.760 e. The summed E-state index contributed by atoms with van der Waals surface area (Å²) in [6, 6.07) is 13.1. The first-order chi connectivity index (χ1) is 16.7. The van der Waals surface area contributed by atoms with Crippen molar-refractivity contribution in [2.45, 2.75) is 12.7 Å². The zero-order chi connectivity index (χ0) is 25.0. The van der Waals surface area contributed by atoms with Crippen LogP contribution in [0.1, 0.15) is 21.7 Å². The monoisotopic (exact) mass is 501 g/mol. The summed E-state index contributed by atoms with van der Waals surface area (Å²) < 4.78 is 64.3. The zero-order valence-electron chi connectivity index (χ0n) is 17.7.